The molecule has 1 aliphatic rings. The molecule has 0 N–H and O–H groups in total. The summed E-state index contributed by atoms with van der Waals surface area (Å²) in [7, 11) is 0. The number of furan rings is 1. The average molecular weight is 778 g/mol. The highest BCUT2D eigenvalue weighted by molar-refractivity contribution is 6.07. The van der Waals surface area contributed by atoms with E-state index in [0.717, 1.165) is 39.0 Å². The van der Waals surface area contributed by atoms with Crippen molar-refractivity contribution in [3.63, 3.8) is 0 Å². The van der Waals surface area contributed by atoms with E-state index >= 15 is 0 Å². The van der Waals surface area contributed by atoms with Gasteiger partial charge in [-0.2, -0.15) is 0 Å². The number of nitrogens with zero attached hydrogens (tertiary/aromatic N) is 1. The summed E-state index contributed by atoms with van der Waals surface area (Å²) in [6, 6.07) is 86.0. The lowest BCUT2D eigenvalue weighted by atomic mass is 9.67. The maximum absolute atomic E-state index is 6.17. The van der Waals surface area contributed by atoms with Crippen molar-refractivity contribution in [1.29, 1.82) is 0 Å². The monoisotopic (exact) mass is 777 g/mol. The predicted octanol–water partition coefficient (Wildman–Crippen LogP) is 15.9. The van der Waals surface area contributed by atoms with E-state index in [-0.39, 0.29) is 0 Å². The lowest BCUT2D eigenvalue weighted by Gasteiger charge is -2.34. The number of hydrogen-bond acceptors (Lipinski definition) is 2. The Hall–Kier alpha value is -7.94. The molecule has 0 aliphatic heterocycles. The molecule has 286 valence electrons. The smallest absolute Gasteiger partial charge is 0.135 e. The second-order valence-electron chi connectivity index (χ2n) is 16.0. The second-order valence-corrected chi connectivity index (χ2v) is 16.0. The van der Waals surface area contributed by atoms with Crippen LogP contribution in [0.4, 0.5) is 17.1 Å². The first-order valence-electron chi connectivity index (χ1n) is 21.0. The van der Waals surface area contributed by atoms with E-state index in [2.05, 4.69) is 229 Å². The standard InChI is InChI=1S/C59H39NO/c1-4-15-45(16-5-1)59(46-17-6-2-7-18-46)54-36-31-43-14-10-11-21-50(43)58(54)52-35-30-44(38-55(52)59)42-26-24-40(25-27-42)41-28-32-48(33-29-41)60(47-19-8-3-9-20-47)49-34-37-57-53(39-49)51-22-12-13-23-56(51)61-57/h1-39H. The topological polar surface area (TPSA) is 16.4 Å². The first-order valence-corrected chi connectivity index (χ1v) is 21.0. The van der Waals surface area contributed by atoms with Gasteiger partial charge < -0.3 is 9.32 Å². The van der Waals surface area contributed by atoms with Gasteiger partial charge in [0.05, 0.1) is 5.41 Å². The van der Waals surface area contributed by atoms with Gasteiger partial charge in [0.15, 0.2) is 0 Å². The molecule has 0 unspecified atom stereocenters. The summed E-state index contributed by atoms with van der Waals surface area (Å²) in [6.45, 7) is 0. The summed E-state index contributed by atoms with van der Waals surface area (Å²) >= 11 is 0. The van der Waals surface area contributed by atoms with Gasteiger partial charge >= 0.3 is 0 Å². The first-order chi connectivity index (χ1) is 30.2. The third-order valence-corrected chi connectivity index (χ3v) is 12.7. The number of hydrogen-bond donors (Lipinski definition) is 0. The molecule has 61 heavy (non-hydrogen) atoms. The molecule has 0 spiro atoms. The largest absolute Gasteiger partial charge is 0.456 e. The van der Waals surface area contributed by atoms with Gasteiger partial charge in [0, 0.05) is 27.8 Å². The van der Waals surface area contributed by atoms with Crippen molar-refractivity contribution >= 4 is 49.8 Å². The van der Waals surface area contributed by atoms with E-state index in [1.807, 2.05) is 12.1 Å². The molecule has 1 aromatic heterocycles. The molecule has 0 radical (unpaired) electrons. The number of fused-ring (bicyclic) bond motifs is 8. The molecular weight excluding hydrogens is 739 g/mol. The number of benzene rings is 10. The van der Waals surface area contributed by atoms with Crippen LogP contribution < -0.4 is 4.90 Å². The van der Waals surface area contributed by atoms with Gasteiger partial charge in [-0.1, -0.05) is 182 Å². The summed E-state index contributed by atoms with van der Waals surface area (Å²) < 4.78 is 6.17. The Balaban J connectivity index is 0.927. The molecule has 1 heterocycles. The van der Waals surface area contributed by atoms with Gasteiger partial charge in [-0.25, -0.2) is 0 Å². The third-order valence-electron chi connectivity index (χ3n) is 12.7. The molecule has 10 aromatic carbocycles. The summed E-state index contributed by atoms with van der Waals surface area (Å²) in [6.07, 6.45) is 0. The number of para-hydroxylation sites is 2. The molecule has 0 fully saturated rings. The maximum atomic E-state index is 6.17. The van der Waals surface area contributed by atoms with Crippen molar-refractivity contribution in [1.82, 2.24) is 0 Å². The highest BCUT2D eigenvalue weighted by Crippen LogP contribution is 2.58. The highest BCUT2D eigenvalue weighted by atomic mass is 16.3. The summed E-state index contributed by atoms with van der Waals surface area (Å²) in [4.78, 5) is 2.31. The van der Waals surface area contributed by atoms with Crippen LogP contribution in [0.3, 0.4) is 0 Å². The molecule has 2 heteroatoms. The number of anilines is 3. The minimum Gasteiger partial charge on any atom is -0.456 e. The summed E-state index contributed by atoms with van der Waals surface area (Å²) in [5.41, 5.74) is 17.1. The van der Waals surface area contributed by atoms with E-state index in [1.165, 1.54) is 66.4 Å². The zero-order chi connectivity index (χ0) is 40.3. The van der Waals surface area contributed by atoms with Gasteiger partial charge in [-0.3, -0.25) is 0 Å². The molecule has 0 bridgehead atoms. The molecule has 0 saturated heterocycles. The Morgan fingerprint density at radius 1 is 0.328 bits per heavy atom. The molecular formula is C59H39NO. The Morgan fingerprint density at radius 2 is 0.852 bits per heavy atom. The van der Waals surface area contributed by atoms with Gasteiger partial charge in [0.1, 0.15) is 11.2 Å². The fraction of sp³-hybridized carbons (Fsp3) is 0.0169. The van der Waals surface area contributed by atoms with E-state index in [0.29, 0.717) is 0 Å². The highest BCUT2D eigenvalue weighted by Gasteiger charge is 2.46. The van der Waals surface area contributed by atoms with Gasteiger partial charge in [-0.05, 0) is 121 Å². The van der Waals surface area contributed by atoms with Crippen molar-refractivity contribution in [2.45, 2.75) is 5.41 Å². The summed E-state index contributed by atoms with van der Waals surface area (Å²) in [5.74, 6) is 0. The van der Waals surface area contributed by atoms with Crippen LogP contribution in [0, 0.1) is 0 Å². The fourth-order valence-corrected chi connectivity index (χ4v) is 9.97. The summed E-state index contributed by atoms with van der Waals surface area (Å²) in [5, 5.41) is 4.78. The SMILES string of the molecule is c1ccc(N(c2ccc(-c3ccc(-c4ccc5c(c4)C(c4ccccc4)(c4ccccc4)c4ccc6ccccc6c4-5)cc3)cc2)c2ccc3oc4ccccc4c3c2)cc1. The van der Waals surface area contributed by atoms with Crippen LogP contribution in [0.1, 0.15) is 22.3 Å². The van der Waals surface area contributed by atoms with E-state index in [9.17, 15) is 0 Å². The molecule has 0 atom stereocenters. The molecule has 12 rings (SSSR count). The molecule has 2 nitrogen and oxygen atoms in total. The van der Waals surface area contributed by atoms with Crippen molar-refractivity contribution < 1.29 is 4.42 Å². The molecule has 0 saturated carbocycles. The number of rotatable bonds is 7. The zero-order valence-corrected chi connectivity index (χ0v) is 33.4. The zero-order valence-electron chi connectivity index (χ0n) is 33.4. The van der Waals surface area contributed by atoms with Gasteiger partial charge in [-0.15, -0.1) is 0 Å². The lowest BCUT2D eigenvalue weighted by Crippen LogP contribution is -2.28. The van der Waals surface area contributed by atoms with Crippen LogP contribution in [-0.4, -0.2) is 0 Å². The van der Waals surface area contributed by atoms with Crippen LogP contribution in [0.15, 0.2) is 241 Å². The Bertz CT molecular complexity index is 3350. The molecule has 0 amide bonds. The normalized spacial score (nSPS) is 12.7. The molecule has 1 aliphatic carbocycles. The average Bonchev–Trinajstić information content (AvgIpc) is 3.86. The fourth-order valence-electron chi connectivity index (χ4n) is 9.97. The lowest BCUT2D eigenvalue weighted by molar-refractivity contribution is 0.669. The maximum Gasteiger partial charge on any atom is 0.135 e. The minimum atomic E-state index is -0.472. The van der Waals surface area contributed by atoms with E-state index in [1.54, 1.807) is 0 Å². The van der Waals surface area contributed by atoms with Crippen LogP contribution in [0.25, 0.3) is 66.1 Å². The minimum absolute atomic E-state index is 0.472. The third kappa shape index (κ3) is 5.57. The first kappa shape index (κ1) is 35.0. The van der Waals surface area contributed by atoms with Crippen molar-refractivity contribution in [2.24, 2.45) is 0 Å². The Morgan fingerprint density at radius 3 is 1.56 bits per heavy atom. The Kier molecular flexibility index (Phi) is 8.11. The van der Waals surface area contributed by atoms with E-state index in [4.69, 9.17) is 4.42 Å². The van der Waals surface area contributed by atoms with Crippen LogP contribution in [0.5, 0.6) is 0 Å². The van der Waals surface area contributed by atoms with E-state index < -0.39 is 5.41 Å². The van der Waals surface area contributed by atoms with Crippen molar-refractivity contribution in [3.05, 3.63) is 259 Å². The van der Waals surface area contributed by atoms with Crippen molar-refractivity contribution in [2.75, 3.05) is 4.90 Å². The van der Waals surface area contributed by atoms with Crippen LogP contribution in [-0.2, 0) is 5.41 Å². The van der Waals surface area contributed by atoms with Crippen molar-refractivity contribution in [3.8, 4) is 33.4 Å². The van der Waals surface area contributed by atoms with Crippen LogP contribution >= 0.6 is 0 Å². The quantitative estimate of drug-likeness (QED) is 0.160. The second kappa shape index (κ2) is 14.1. The van der Waals surface area contributed by atoms with Gasteiger partial charge in [0.25, 0.3) is 0 Å². The Labute approximate surface area is 355 Å². The van der Waals surface area contributed by atoms with Gasteiger partial charge in [0.2, 0.25) is 0 Å². The van der Waals surface area contributed by atoms with Crippen LogP contribution in [0.2, 0.25) is 0 Å². The predicted molar refractivity (Wildman–Crippen MR) is 254 cm³/mol. The molecule has 11 aromatic rings.